The lowest BCUT2D eigenvalue weighted by molar-refractivity contribution is 0.103. The number of nitrogens with one attached hydrogen (secondary N) is 1. The molecule has 0 saturated carbocycles. The van der Waals surface area contributed by atoms with Gasteiger partial charge < -0.3 is 0 Å². The van der Waals surface area contributed by atoms with E-state index in [-0.39, 0.29) is 11.3 Å². The smallest absolute Gasteiger partial charge is 0.214 e. The van der Waals surface area contributed by atoms with E-state index in [1.807, 2.05) is 0 Å². The maximum Gasteiger partial charge on any atom is 0.214 e. The van der Waals surface area contributed by atoms with Gasteiger partial charge in [0.05, 0.1) is 6.20 Å². The Labute approximate surface area is 82.9 Å². The Morgan fingerprint density at radius 3 is 2.67 bits per heavy atom. The number of H-pyrrole nitrogens is 1. The van der Waals surface area contributed by atoms with Crippen molar-refractivity contribution in [3.05, 3.63) is 47.3 Å². The molecule has 1 heterocycles. The van der Waals surface area contributed by atoms with E-state index in [1.54, 1.807) is 0 Å². The zero-order valence-corrected chi connectivity index (χ0v) is 7.37. The van der Waals surface area contributed by atoms with E-state index in [0.29, 0.717) is 0 Å². The third-order valence-electron chi connectivity index (χ3n) is 1.83. The number of aromatic amines is 1. The van der Waals surface area contributed by atoms with Gasteiger partial charge in [0, 0.05) is 5.56 Å². The highest BCUT2D eigenvalue weighted by molar-refractivity contribution is 6.07. The normalized spacial score (nSPS) is 10.3. The van der Waals surface area contributed by atoms with Crippen LogP contribution in [0.15, 0.2) is 24.4 Å². The summed E-state index contributed by atoms with van der Waals surface area (Å²) in [6, 6.07) is 2.91. The molecule has 2 aromatic rings. The van der Waals surface area contributed by atoms with Gasteiger partial charge in [0.25, 0.3) is 0 Å². The van der Waals surface area contributed by atoms with Crippen LogP contribution in [-0.4, -0.2) is 21.2 Å². The Bertz CT molecular complexity index is 496. The number of ketones is 1. The number of aromatic nitrogens is 3. The lowest BCUT2D eigenvalue weighted by atomic mass is 10.1. The monoisotopic (exact) mass is 209 g/mol. The summed E-state index contributed by atoms with van der Waals surface area (Å²) in [5.74, 6) is -2.57. The Kier molecular flexibility index (Phi) is 2.24. The number of carbonyl (C=O) groups excluding carboxylic acids is 1. The van der Waals surface area contributed by atoms with Gasteiger partial charge in [-0.2, -0.15) is 15.4 Å². The van der Waals surface area contributed by atoms with Gasteiger partial charge in [-0.25, -0.2) is 8.78 Å². The zero-order chi connectivity index (χ0) is 10.8. The largest absolute Gasteiger partial charge is 0.287 e. The first kappa shape index (κ1) is 9.45. The molecule has 0 bridgehead atoms. The van der Waals surface area contributed by atoms with Crippen molar-refractivity contribution in [2.75, 3.05) is 0 Å². The molecule has 0 aliphatic carbocycles. The molecule has 0 unspecified atom stereocenters. The SMILES string of the molecule is O=C(c1ccc(F)c(F)c1)c1cn[nH]n1. The van der Waals surface area contributed by atoms with E-state index in [1.165, 1.54) is 12.3 Å². The predicted molar refractivity (Wildman–Crippen MR) is 46.2 cm³/mol. The van der Waals surface area contributed by atoms with E-state index in [2.05, 4.69) is 15.4 Å². The molecule has 0 aliphatic rings. The van der Waals surface area contributed by atoms with E-state index < -0.39 is 17.4 Å². The number of benzene rings is 1. The Hall–Kier alpha value is -2.11. The third kappa shape index (κ3) is 1.74. The molecule has 1 aromatic heterocycles. The molecule has 0 atom stereocenters. The number of halogens is 2. The highest BCUT2D eigenvalue weighted by Gasteiger charge is 2.13. The molecule has 0 spiro atoms. The second-order valence-electron chi connectivity index (χ2n) is 2.81. The molecule has 15 heavy (non-hydrogen) atoms. The van der Waals surface area contributed by atoms with Crippen LogP contribution in [0.5, 0.6) is 0 Å². The van der Waals surface area contributed by atoms with Crippen molar-refractivity contribution >= 4 is 5.78 Å². The van der Waals surface area contributed by atoms with Crippen LogP contribution in [-0.2, 0) is 0 Å². The van der Waals surface area contributed by atoms with E-state index in [0.717, 1.165) is 12.1 Å². The van der Waals surface area contributed by atoms with Gasteiger partial charge in [-0.1, -0.05) is 0 Å². The van der Waals surface area contributed by atoms with Crippen LogP contribution in [0.25, 0.3) is 0 Å². The van der Waals surface area contributed by atoms with Gasteiger partial charge in [0.1, 0.15) is 0 Å². The first-order valence-electron chi connectivity index (χ1n) is 4.04. The van der Waals surface area contributed by atoms with Gasteiger partial charge >= 0.3 is 0 Å². The summed E-state index contributed by atoms with van der Waals surface area (Å²) < 4.78 is 25.4. The fraction of sp³-hybridized carbons (Fsp3) is 0. The maximum atomic E-state index is 12.8. The number of nitrogens with zero attached hydrogens (tertiary/aromatic N) is 2. The Morgan fingerprint density at radius 2 is 2.07 bits per heavy atom. The average Bonchev–Trinajstić information content (AvgIpc) is 2.74. The third-order valence-corrected chi connectivity index (χ3v) is 1.83. The van der Waals surface area contributed by atoms with Crippen molar-refractivity contribution in [3.8, 4) is 0 Å². The second kappa shape index (κ2) is 3.56. The summed E-state index contributed by atoms with van der Waals surface area (Å²) in [5, 5.41) is 9.24. The number of hydrogen-bond donors (Lipinski definition) is 1. The predicted octanol–water partition coefficient (Wildman–Crippen LogP) is 1.31. The quantitative estimate of drug-likeness (QED) is 0.758. The van der Waals surface area contributed by atoms with Crippen molar-refractivity contribution in [2.45, 2.75) is 0 Å². The minimum atomic E-state index is -1.07. The first-order chi connectivity index (χ1) is 7.18. The zero-order valence-electron chi connectivity index (χ0n) is 7.37. The van der Waals surface area contributed by atoms with E-state index in [9.17, 15) is 13.6 Å². The van der Waals surface area contributed by atoms with Crippen LogP contribution < -0.4 is 0 Å². The maximum absolute atomic E-state index is 12.8. The molecule has 76 valence electrons. The average molecular weight is 209 g/mol. The topological polar surface area (TPSA) is 58.6 Å². The lowest BCUT2D eigenvalue weighted by Gasteiger charge is -1.97. The minimum absolute atomic E-state index is 0.0304. The molecule has 0 radical (unpaired) electrons. The summed E-state index contributed by atoms with van der Waals surface area (Å²) >= 11 is 0. The molecule has 4 nitrogen and oxygen atoms in total. The molecular formula is C9H5F2N3O. The second-order valence-corrected chi connectivity index (χ2v) is 2.81. The van der Waals surface area contributed by atoms with Crippen molar-refractivity contribution < 1.29 is 13.6 Å². The molecule has 0 fully saturated rings. The highest BCUT2D eigenvalue weighted by Crippen LogP contribution is 2.11. The van der Waals surface area contributed by atoms with E-state index in [4.69, 9.17) is 0 Å². The van der Waals surface area contributed by atoms with Crippen molar-refractivity contribution in [2.24, 2.45) is 0 Å². The molecule has 6 heteroatoms. The Morgan fingerprint density at radius 1 is 1.27 bits per heavy atom. The summed E-state index contributed by atoms with van der Waals surface area (Å²) in [7, 11) is 0. The summed E-state index contributed by atoms with van der Waals surface area (Å²) in [6.45, 7) is 0. The van der Waals surface area contributed by atoms with Crippen molar-refractivity contribution in [1.82, 2.24) is 15.4 Å². The summed E-state index contributed by atoms with van der Waals surface area (Å²) in [5.41, 5.74) is 0.0869. The van der Waals surface area contributed by atoms with Crippen molar-refractivity contribution in [1.29, 1.82) is 0 Å². The summed E-state index contributed by atoms with van der Waals surface area (Å²) in [6.07, 6.45) is 1.21. The molecule has 2 rings (SSSR count). The minimum Gasteiger partial charge on any atom is -0.287 e. The molecule has 0 amide bonds. The standard InChI is InChI=1S/C9H5F2N3O/c10-6-2-1-5(3-7(6)11)9(15)8-4-12-14-13-8/h1-4H,(H,12,13,14). The number of carbonyl (C=O) groups is 1. The van der Waals surface area contributed by atoms with Crippen LogP contribution in [0.3, 0.4) is 0 Å². The van der Waals surface area contributed by atoms with Gasteiger partial charge in [-0.15, -0.1) is 0 Å². The van der Waals surface area contributed by atoms with Gasteiger partial charge in [0.2, 0.25) is 5.78 Å². The fourth-order valence-corrected chi connectivity index (χ4v) is 1.10. The molecular weight excluding hydrogens is 204 g/mol. The highest BCUT2D eigenvalue weighted by atomic mass is 19.2. The summed E-state index contributed by atoms with van der Waals surface area (Å²) in [4.78, 5) is 11.6. The van der Waals surface area contributed by atoms with Crippen LogP contribution in [0.2, 0.25) is 0 Å². The Balaban J connectivity index is 2.39. The van der Waals surface area contributed by atoms with Gasteiger partial charge in [0.15, 0.2) is 17.3 Å². The van der Waals surface area contributed by atoms with Crippen LogP contribution in [0.1, 0.15) is 16.1 Å². The first-order valence-corrected chi connectivity index (χ1v) is 4.04. The van der Waals surface area contributed by atoms with Crippen LogP contribution >= 0.6 is 0 Å². The van der Waals surface area contributed by atoms with Crippen molar-refractivity contribution in [3.63, 3.8) is 0 Å². The fourth-order valence-electron chi connectivity index (χ4n) is 1.10. The molecule has 0 aliphatic heterocycles. The molecule has 1 aromatic carbocycles. The molecule has 1 N–H and O–H groups in total. The van der Waals surface area contributed by atoms with E-state index >= 15 is 0 Å². The number of hydrogen-bond acceptors (Lipinski definition) is 3. The van der Waals surface area contributed by atoms with Crippen LogP contribution in [0.4, 0.5) is 8.78 Å². The van der Waals surface area contributed by atoms with Gasteiger partial charge in [-0.3, -0.25) is 4.79 Å². The molecule has 0 saturated heterocycles. The lowest BCUT2D eigenvalue weighted by Crippen LogP contribution is -2.03. The van der Waals surface area contributed by atoms with Crippen LogP contribution in [0, 0.1) is 11.6 Å². The number of rotatable bonds is 2. The van der Waals surface area contributed by atoms with Gasteiger partial charge in [-0.05, 0) is 18.2 Å².